The van der Waals surface area contributed by atoms with E-state index in [1.165, 1.54) is 0 Å². The normalized spacial score (nSPS) is 11.5. The van der Waals surface area contributed by atoms with Gasteiger partial charge in [-0.2, -0.15) is 0 Å². The lowest BCUT2D eigenvalue weighted by Gasteiger charge is -2.20. The second-order valence-corrected chi connectivity index (χ2v) is 5.78. The molecule has 0 aliphatic heterocycles. The van der Waals surface area contributed by atoms with Crippen molar-refractivity contribution in [3.8, 4) is 11.5 Å². The molecule has 20 heavy (non-hydrogen) atoms. The quantitative estimate of drug-likeness (QED) is 0.929. The van der Waals surface area contributed by atoms with Crippen LogP contribution < -0.4 is 14.8 Å². The molecule has 0 unspecified atom stereocenters. The number of fused-ring (bicyclic) bond motifs is 1. The zero-order valence-corrected chi connectivity index (χ0v) is 13.0. The highest BCUT2D eigenvalue weighted by Gasteiger charge is 2.19. The van der Waals surface area contributed by atoms with Crippen LogP contribution >= 0.6 is 0 Å². The molecule has 0 fully saturated rings. The first-order chi connectivity index (χ1) is 9.40. The summed E-state index contributed by atoms with van der Waals surface area (Å²) in [6.07, 6.45) is 0. The molecule has 1 aromatic carbocycles. The Morgan fingerprint density at radius 1 is 1.00 bits per heavy atom. The minimum Gasteiger partial charge on any atom is -0.493 e. The lowest BCUT2D eigenvalue weighted by atomic mass is 9.90. The summed E-state index contributed by atoms with van der Waals surface area (Å²) in [4.78, 5) is 4.76. The number of methoxy groups -OCH3 is 2. The molecule has 2 aromatic rings. The maximum Gasteiger partial charge on any atom is 0.162 e. The SMILES string of the molecule is CNc1cc(C(C)(C)C)nc2cc(OC)c(OC)cc12. The number of pyridine rings is 1. The third-order valence-corrected chi connectivity index (χ3v) is 3.35. The Labute approximate surface area is 120 Å². The van der Waals surface area contributed by atoms with Crippen molar-refractivity contribution in [1.29, 1.82) is 0 Å². The fraction of sp³-hybridized carbons (Fsp3) is 0.438. The predicted molar refractivity (Wildman–Crippen MR) is 83.1 cm³/mol. The van der Waals surface area contributed by atoms with Gasteiger partial charge in [-0.05, 0) is 12.1 Å². The van der Waals surface area contributed by atoms with Gasteiger partial charge in [0.2, 0.25) is 0 Å². The summed E-state index contributed by atoms with van der Waals surface area (Å²) in [5.41, 5.74) is 2.98. The molecule has 4 nitrogen and oxygen atoms in total. The summed E-state index contributed by atoms with van der Waals surface area (Å²) in [7, 11) is 5.19. The van der Waals surface area contributed by atoms with Crippen molar-refractivity contribution in [2.75, 3.05) is 26.6 Å². The van der Waals surface area contributed by atoms with E-state index in [2.05, 4.69) is 32.2 Å². The lowest BCUT2D eigenvalue weighted by Crippen LogP contribution is -2.14. The molecule has 1 aromatic heterocycles. The van der Waals surface area contributed by atoms with Crippen LogP contribution in [0.2, 0.25) is 0 Å². The smallest absolute Gasteiger partial charge is 0.162 e. The van der Waals surface area contributed by atoms with Gasteiger partial charge in [-0.3, -0.25) is 4.98 Å². The molecule has 1 heterocycles. The number of anilines is 1. The van der Waals surface area contributed by atoms with Crippen molar-refractivity contribution in [2.24, 2.45) is 0 Å². The van der Waals surface area contributed by atoms with E-state index in [9.17, 15) is 0 Å². The molecule has 0 atom stereocenters. The standard InChI is InChI=1S/C16H22N2O2/c1-16(2,3)15-9-11(17-4)10-7-13(19-5)14(20-6)8-12(10)18-15/h7-9H,1-6H3,(H,17,18). The van der Waals surface area contributed by atoms with Gasteiger partial charge in [-0.15, -0.1) is 0 Å². The van der Waals surface area contributed by atoms with Gasteiger partial charge in [-0.1, -0.05) is 20.8 Å². The average molecular weight is 274 g/mol. The molecule has 0 saturated carbocycles. The average Bonchev–Trinajstić information content (AvgIpc) is 2.43. The Bertz CT molecular complexity index is 630. The molecule has 0 aliphatic rings. The van der Waals surface area contributed by atoms with Crippen molar-refractivity contribution in [1.82, 2.24) is 4.98 Å². The summed E-state index contributed by atoms with van der Waals surface area (Å²) in [5, 5.41) is 4.26. The summed E-state index contributed by atoms with van der Waals surface area (Å²) in [6.45, 7) is 6.46. The molecule has 0 spiro atoms. The van der Waals surface area contributed by atoms with Gasteiger partial charge in [0.1, 0.15) is 0 Å². The van der Waals surface area contributed by atoms with E-state index in [0.29, 0.717) is 11.5 Å². The van der Waals surface area contributed by atoms with Gasteiger partial charge in [0.05, 0.1) is 19.7 Å². The number of rotatable bonds is 3. The number of nitrogens with zero attached hydrogens (tertiary/aromatic N) is 1. The Hall–Kier alpha value is -1.97. The van der Waals surface area contributed by atoms with Crippen LogP contribution in [-0.4, -0.2) is 26.3 Å². The second-order valence-electron chi connectivity index (χ2n) is 5.78. The topological polar surface area (TPSA) is 43.4 Å². The van der Waals surface area contributed by atoms with Crippen LogP contribution in [-0.2, 0) is 5.41 Å². The third kappa shape index (κ3) is 2.50. The molecule has 0 amide bonds. The molecule has 0 saturated heterocycles. The highest BCUT2D eigenvalue weighted by Crippen LogP contribution is 2.36. The predicted octanol–water partition coefficient (Wildman–Crippen LogP) is 3.59. The summed E-state index contributed by atoms with van der Waals surface area (Å²) >= 11 is 0. The fourth-order valence-electron chi connectivity index (χ4n) is 2.14. The second kappa shape index (κ2) is 5.19. The fourth-order valence-corrected chi connectivity index (χ4v) is 2.14. The van der Waals surface area contributed by atoms with E-state index in [-0.39, 0.29) is 5.41 Å². The van der Waals surface area contributed by atoms with Crippen molar-refractivity contribution < 1.29 is 9.47 Å². The van der Waals surface area contributed by atoms with Gasteiger partial charge in [-0.25, -0.2) is 0 Å². The molecule has 2 rings (SSSR count). The molecule has 1 N–H and O–H groups in total. The largest absolute Gasteiger partial charge is 0.493 e. The molecule has 0 bridgehead atoms. The highest BCUT2D eigenvalue weighted by atomic mass is 16.5. The minimum atomic E-state index is -0.00699. The van der Waals surface area contributed by atoms with Gasteiger partial charge in [0, 0.05) is 35.3 Å². The van der Waals surface area contributed by atoms with Crippen molar-refractivity contribution in [3.63, 3.8) is 0 Å². The van der Waals surface area contributed by atoms with Crippen LogP contribution in [0.5, 0.6) is 11.5 Å². The zero-order chi connectivity index (χ0) is 14.9. The number of aromatic nitrogens is 1. The van der Waals surface area contributed by atoms with Crippen LogP contribution in [0.1, 0.15) is 26.5 Å². The van der Waals surface area contributed by atoms with Crippen LogP contribution in [0.15, 0.2) is 18.2 Å². The summed E-state index contributed by atoms with van der Waals surface area (Å²) < 4.78 is 10.7. The van der Waals surface area contributed by atoms with Crippen LogP contribution in [0, 0.1) is 0 Å². The van der Waals surface area contributed by atoms with Crippen molar-refractivity contribution in [2.45, 2.75) is 26.2 Å². The monoisotopic (exact) mass is 274 g/mol. The number of hydrogen-bond donors (Lipinski definition) is 1. The molecule has 108 valence electrons. The number of benzene rings is 1. The molecule has 0 aliphatic carbocycles. The van der Waals surface area contributed by atoms with Crippen molar-refractivity contribution in [3.05, 3.63) is 23.9 Å². The maximum absolute atomic E-state index is 5.36. The van der Waals surface area contributed by atoms with Gasteiger partial charge in [0.15, 0.2) is 11.5 Å². The summed E-state index contributed by atoms with van der Waals surface area (Å²) in [5.74, 6) is 1.41. The Morgan fingerprint density at radius 3 is 2.10 bits per heavy atom. The van der Waals surface area contributed by atoms with E-state index in [4.69, 9.17) is 14.5 Å². The van der Waals surface area contributed by atoms with E-state index in [0.717, 1.165) is 22.3 Å². The van der Waals surface area contributed by atoms with Gasteiger partial charge in [0.25, 0.3) is 0 Å². The Kier molecular flexibility index (Phi) is 3.75. The van der Waals surface area contributed by atoms with Gasteiger partial charge < -0.3 is 14.8 Å². The third-order valence-electron chi connectivity index (χ3n) is 3.35. The molecular formula is C16H22N2O2. The Balaban J connectivity index is 2.77. The van der Waals surface area contributed by atoms with Crippen LogP contribution in [0.3, 0.4) is 0 Å². The van der Waals surface area contributed by atoms with Crippen LogP contribution in [0.4, 0.5) is 5.69 Å². The number of hydrogen-bond acceptors (Lipinski definition) is 4. The Morgan fingerprint density at radius 2 is 1.60 bits per heavy atom. The molecule has 4 heteroatoms. The molecular weight excluding hydrogens is 252 g/mol. The lowest BCUT2D eigenvalue weighted by molar-refractivity contribution is 0.356. The van der Waals surface area contributed by atoms with E-state index >= 15 is 0 Å². The first-order valence-corrected chi connectivity index (χ1v) is 6.65. The van der Waals surface area contributed by atoms with E-state index < -0.39 is 0 Å². The first kappa shape index (κ1) is 14.4. The maximum atomic E-state index is 5.36. The van der Waals surface area contributed by atoms with E-state index in [1.807, 2.05) is 19.2 Å². The zero-order valence-electron chi connectivity index (χ0n) is 13.0. The summed E-state index contributed by atoms with van der Waals surface area (Å²) in [6, 6.07) is 5.97. The number of ether oxygens (including phenoxy) is 2. The van der Waals surface area contributed by atoms with Crippen LogP contribution in [0.25, 0.3) is 10.9 Å². The highest BCUT2D eigenvalue weighted by molar-refractivity contribution is 5.94. The molecule has 0 radical (unpaired) electrons. The van der Waals surface area contributed by atoms with E-state index in [1.54, 1.807) is 14.2 Å². The van der Waals surface area contributed by atoms with Gasteiger partial charge >= 0.3 is 0 Å². The van der Waals surface area contributed by atoms with Crippen molar-refractivity contribution >= 4 is 16.6 Å². The number of nitrogens with one attached hydrogen (secondary N) is 1. The minimum absolute atomic E-state index is 0.00699. The first-order valence-electron chi connectivity index (χ1n) is 6.65.